The van der Waals surface area contributed by atoms with Crippen molar-refractivity contribution in [2.75, 3.05) is 37.7 Å². The van der Waals surface area contributed by atoms with Gasteiger partial charge in [0.1, 0.15) is 0 Å². The summed E-state index contributed by atoms with van der Waals surface area (Å²) in [5, 5.41) is 0. The van der Waals surface area contributed by atoms with Crippen molar-refractivity contribution in [3.63, 3.8) is 0 Å². The van der Waals surface area contributed by atoms with Gasteiger partial charge in [-0.3, -0.25) is 9.59 Å². The van der Waals surface area contributed by atoms with E-state index in [2.05, 4.69) is 12.1 Å². The van der Waals surface area contributed by atoms with Crippen LogP contribution in [0.4, 0.5) is 5.69 Å². The van der Waals surface area contributed by atoms with E-state index < -0.39 is 0 Å². The minimum atomic E-state index is 0.116. The fourth-order valence-corrected chi connectivity index (χ4v) is 4.55. The van der Waals surface area contributed by atoms with Gasteiger partial charge in [0.2, 0.25) is 11.8 Å². The second-order valence-electron chi connectivity index (χ2n) is 7.42. The van der Waals surface area contributed by atoms with Crippen LogP contribution < -0.4 is 5.73 Å². The minimum absolute atomic E-state index is 0.116. The Balaban J connectivity index is 1.22. The second-order valence-corrected chi connectivity index (χ2v) is 8.47. The van der Waals surface area contributed by atoms with Crippen molar-refractivity contribution in [2.45, 2.75) is 17.2 Å². The van der Waals surface area contributed by atoms with E-state index in [-0.39, 0.29) is 17.7 Å². The Labute approximate surface area is 169 Å². The van der Waals surface area contributed by atoms with Crippen molar-refractivity contribution < 1.29 is 9.59 Å². The first-order chi connectivity index (χ1) is 13.6. The number of hydrogen-bond acceptors (Lipinski definition) is 4. The number of piperazine rings is 1. The predicted octanol–water partition coefficient (Wildman–Crippen LogP) is 2.84. The second kappa shape index (κ2) is 8.27. The lowest BCUT2D eigenvalue weighted by Gasteiger charge is -2.35. The predicted molar refractivity (Wildman–Crippen MR) is 112 cm³/mol. The molecular weight excluding hydrogens is 370 g/mol. The molecule has 1 aliphatic heterocycles. The third-order valence-corrected chi connectivity index (χ3v) is 6.52. The fourth-order valence-electron chi connectivity index (χ4n) is 3.75. The topological polar surface area (TPSA) is 66.6 Å². The highest BCUT2D eigenvalue weighted by atomic mass is 32.2. The number of anilines is 1. The number of nitrogens with zero attached hydrogens (tertiary/aromatic N) is 2. The SMILES string of the molecule is Nc1ccc(SCC(=O)N2CCN(C(=O)[C@@H]3C[C@H]3c3ccccc3)CC2)cc1. The highest BCUT2D eigenvalue weighted by Crippen LogP contribution is 2.48. The summed E-state index contributed by atoms with van der Waals surface area (Å²) in [6, 6.07) is 17.8. The molecule has 5 nitrogen and oxygen atoms in total. The first kappa shape index (κ1) is 18.9. The lowest BCUT2D eigenvalue weighted by atomic mass is 10.1. The molecule has 0 unspecified atom stereocenters. The number of rotatable bonds is 5. The Morgan fingerprint density at radius 3 is 2.25 bits per heavy atom. The van der Waals surface area contributed by atoms with E-state index in [1.165, 1.54) is 17.3 Å². The average molecular weight is 396 g/mol. The minimum Gasteiger partial charge on any atom is -0.399 e. The summed E-state index contributed by atoms with van der Waals surface area (Å²) in [7, 11) is 0. The molecule has 0 aromatic heterocycles. The van der Waals surface area contributed by atoms with Gasteiger partial charge in [0.15, 0.2) is 0 Å². The molecule has 146 valence electrons. The molecule has 0 radical (unpaired) electrons. The lowest BCUT2D eigenvalue weighted by molar-refractivity contribution is -0.139. The smallest absolute Gasteiger partial charge is 0.233 e. The number of carbonyl (C=O) groups excluding carboxylic acids is 2. The van der Waals surface area contributed by atoms with Crippen molar-refractivity contribution in [1.82, 2.24) is 9.80 Å². The quantitative estimate of drug-likeness (QED) is 0.624. The van der Waals surface area contributed by atoms with Gasteiger partial charge in [0.05, 0.1) is 5.75 Å². The Bertz CT molecular complexity index is 833. The summed E-state index contributed by atoms with van der Waals surface area (Å²) in [6.07, 6.45) is 0.945. The lowest BCUT2D eigenvalue weighted by Crippen LogP contribution is -2.51. The monoisotopic (exact) mass is 395 g/mol. The number of carbonyl (C=O) groups is 2. The molecule has 2 aliphatic rings. The van der Waals surface area contributed by atoms with Crippen LogP contribution in [0.3, 0.4) is 0 Å². The van der Waals surface area contributed by atoms with E-state index in [1.807, 2.05) is 52.3 Å². The van der Waals surface area contributed by atoms with Crippen LogP contribution in [0.2, 0.25) is 0 Å². The van der Waals surface area contributed by atoms with Gasteiger partial charge in [-0.2, -0.15) is 0 Å². The maximum Gasteiger partial charge on any atom is 0.233 e. The number of thioether (sulfide) groups is 1. The molecule has 2 amide bonds. The van der Waals surface area contributed by atoms with Gasteiger partial charge in [0.25, 0.3) is 0 Å². The van der Waals surface area contributed by atoms with Crippen LogP contribution in [0.5, 0.6) is 0 Å². The standard InChI is InChI=1S/C22H25N3O2S/c23-17-6-8-18(9-7-17)28-15-21(26)24-10-12-25(13-11-24)22(27)20-14-19(20)16-4-2-1-3-5-16/h1-9,19-20H,10-15,23H2/t19-,20+/m0/s1. The normalized spacial score (nSPS) is 21.4. The Hall–Kier alpha value is -2.47. The zero-order chi connectivity index (χ0) is 19.5. The van der Waals surface area contributed by atoms with Crippen LogP contribution in [0.25, 0.3) is 0 Å². The van der Waals surface area contributed by atoms with Gasteiger partial charge < -0.3 is 15.5 Å². The molecule has 2 aromatic carbocycles. The van der Waals surface area contributed by atoms with Gasteiger partial charge in [-0.25, -0.2) is 0 Å². The number of nitrogens with two attached hydrogens (primary N) is 1. The van der Waals surface area contributed by atoms with Gasteiger partial charge in [0, 0.05) is 42.7 Å². The van der Waals surface area contributed by atoms with E-state index in [1.54, 1.807) is 0 Å². The van der Waals surface area contributed by atoms with Gasteiger partial charge in [-0.1, -0.05) is 30.3 Å². The molecule has 2 atom stereocenters. The third kappa shape index (κ3) is 4.33. The van der Waals surface area contributed by atoms with Gasteiger partial charge >= 0.3 is 0 Å². The Morgan fingerprint density at radius 2 is 1.57 bits per heavy atom. The largest absolute Gasteiger partial charge is 0.399 e. The summed E-state index contributed by atoms with van der Waals surface area (Å²) in [5.74, 6) is 1.27. The summed E-state index contributed by atoms with van der Waals surface area (Å²) < 4.78 is 0. The van der Waals surface area contributed by atoms with Crippen LogP contribution >= 0.6 is 11.8 Å². The van der Waals surface area contributed by atoms with E-state index in [0.717, 1.165) is 17.0 Å². The van der Waals surface area contributed by atoms with Crippen LogP contribution in [-0.2, 0) is 9.59 Å². The molecule has 2 N–H and O–H groups in total. The maximum atomic E-state index is 12.8. The van der Waals surface area contributed by atoms with Crippen LogP contribution in [-0.4, -0.2) is 53.5 Å². The Kier molecular flexibility index (Phi) is 5.57. The number of nitrogen functional groups attached to an aromatic ring is 1. The number of benzene rings is 2. The van der Waals surface area contributed by atoms with E-state index in [0.29, 0.717) is 37.8 Å². The molecule has 6 heteroatoms. The van der Waals surface area contributed by atoms with E-state index in [9.17, 15) is 9.59 Å². The van der Waals surface area contributed by atoms with Crippen molar-refractivity contribution in [1.29, 1.82) is 0 Å². The zero-order valence-electron chi connectivity index (χ0n) is 15.8. The molecule has 1 heterocycles. The summed E-state index contributed by atoms with van der Waals surface area (Å²) in [5.41, 5.74) is 7.67. The highest BCUT2D eigenvalue weighted by molar-refractivity contribution is 8.00. The average Bonchev–Trinajstić information content (AvgIpc) is 3.54. The molecule has 4 rings (SSSR count). The van der Waals surface area contributed by atoms with Crippen molar-refractivity contribution in [3.8, 4) is 0 Å². The molecule has 1 aliphatic carbocycles. The van der Waals surface area contributed by atoms with E-state index >= 15 is 0 Å². The first-order valence-corrected chi connectivity index (χ1v) is 10.7. The molecular formula is C22H25N3O2S. The van der Waals surface area contributed by atoms with Crippen molar-refractivity contribution >= 4 is 29.3 Å². The molecule has 2 fully saturated rings. The van der Waals surface area contributed by atoms with Crippen LogP contribution in [0.1, 0.15) is 17.9 Å². The third-order valence-electron chi connectivity index (χ3n) is 5.52. The molecule has 0 spiro atoms. The van der Waals surface area contributed by atoms with E-state index in [4.69, 9.17) is 5.73 Å². The maximum absolute atomic E-state index is 12.8. The van der Waals surface area contributed by atoms with Crippen LogP contribution in [0.15, 0.2) is 59.5 Å². The number of amides is 2. The fraction of sp³-hybridized carbons (Fsp3) is 0.364. The van der Waals surface area contributed by atoms with Crippen molar-refractivity contribution in [2.24, 2.45) is 5.92 Å². The summed E-state index contributed by atoms with van der Waals surface area (Å²) >= 11 is 1.52. The van der Waals surface area contributed by atoms with Crippen molar-refractivity contribution in [3.05, 3.63) is 60.2 Å². The van der Waals surface area contributed by atoms with Crippen LogP contribution in [0, 0.1) is 5.92 Å². The molecule has 28 heavy (non-hydrogen) atoms. The Morgan fingerprint density at radius 1 is 0.929 bits per heavy atom. The molecule has 1 saturated carbocycles. The first-order valence-electron chi connectivity index (χ1n) is 9.71. The number of hydrogen-bond donors (Lipinski definition) is 1. The highest BCUT2D eigenvalue weighted by Gasteiger charge is 2.46. The zero-order valence-corrected chi connectivity index (χ0v) is 16.6. The van der Waals surface area contributed by atoms with Gasteiger partial charge in [-0.15, -0.1) is 11.8 Å². The van der Waals surface area contributed by atoms with Gasteiger partial charge in [-0.05, 0) is 42.2 Å². The molecule has 0 bridgehead atoms. The summed E-state index contributed by atoms with van der Waals surface area (Å²) in [4.78, 5) is 30.1. The summed E-state index contributed by atoms with van der Waals surface area (Å²) in [6.45, 7) is 2.51. The molecule has 2 aromatic rings. The molecule has 1 saturated heterocycles.